The van der Waals surface area contributed by atoms with Crippen molar-refractivity contribution in [3.63, 3.8) is 0 Å². The highest BCUT2D eigenvalue weighted by molar-refractivity contribution is 7.94. The summed E-state index contributed by atoms with van der Waals surface area (Å²) in [6, 6.07) is 9.50. The summed E-state index contributed by atoms with van der Waals surface area (Å²) in [6.45, 7) is 0. The molecule has 0 saturated carbocycles. The molecule has 3 heteroatoms. The third-order valence-corrected chi connectivity index (χ3v) is 3.31. The molecule has 72 valence electrons. The van der Waals surface area contributed by atoms with Gasteiger partial charge < -0.3 is 0 Å². The smallest absolute Gasteiger partial charge is 0.175 e. The average Bonchev–Trinajstić information content (AvgIpc) is 2.18. The summed E-state index contributed by atoms with van der Waals surface area (Å²) < 4.78 is 22.6. The van der Waals surface area contributed by atoms with Gasteiger partial charge in [0, 0.05) is 5.41 Å². The highest BCUT2D eigenvalue weighted by Gasteiger charge is 2.11. The lowest BCUT2D eigenvalue weighted by Gasteiger charge is -2.06. The minimum Gasteiger partial charge on any atom is -0.224 e. The Morgan fingerprint density at radius 1 is 1.07 bits per heavy atom. The van der Waals surface area contributed by atoms with Crippen LogP contribution in [0.1, 0.15) is 5.56 Å². The highest BCUT2D eigenvalue weighted by atomic mass is 32.2. The Hall–Kier alpha value is -1.35. The SMILES string of the molecule is O=S1(=O)C=C(c2ccccc2)C=CC1. The van der Waals surface area contributed by atoms with Crippen molar-refractivity contribution in [2.75, 3.05) is 5.75 Å². The lowest BCUT2D eigenvalue weighted by molar-refractivity contribution is 0.607. The standard InChI is InChI=1S/C11H10O2S/c12-14(13)8-4-7-11(9-14)10-5-2-1-3-6-10/h1-7,9H,8H2. The van der Waals surface area contributed by atoms with Crippen molar-refractivity contribution in [1.29, 1.82) is 0 Å². The van der Waals surface area contributed by atoms with Crippen LogP contribution >= 0.6 is 0 Å². The van der Waals surface area contributed by atoms with E-state index in [9.17, 15) is 8.42 Å². The first-order valence-electron chi connectivity index (χ1n) is 4.34. The van der Waals surface area contributed by atoms with Crippen LogP contribution in [0.2, 0.25) is 0 Å². The minimum absolute atomic E-state index is 0.114. The van der Waals surface area contributed by atoms with E-state index in [1.807, 2.05) is 36.4 Å². The molecule has 0 aliphatic carbocycles. The van der Waals surface area contributed by atoms with Crippen LogP contribution in [0.15, 0.2) is 47.9 Å². The van der Waals surface area contributed by atoms with E-state index < -0.39 is 9.84 Å². The molecule has 0 saturated heterocycles. The molecule has 0 amide bonds. The summed E-state index contributed by atoms with van der Waals surface area (Å²) in [5.41, 5.74) is 1.70. The monoisotopic (exact) mass is 206 g/mol. The summed E-state index contributed by atoms with van der Waals surface area (Å²) in [4.78, 5) is 0. The first-order chi connectivity index (χ1) is 6.67. The Morgan fingerprint density at radius 3 is 2.43 bits per heavy atom. The maximum Gasteiger partial charge on any atom is 0.175 e. The lowest BCUT2D eigenvalue weighted by atomic mass is 10.1. The van der Waals surface area contributed by atoms with Gasteiger partial charge in [-0.3, -0.25) is 0 Å². The molecule has 1 heterocycles. The molecule has 1 aromatic rings. The number of hydrogen-bond donors (Lipinski definition) is 0. The van der Waals surface area contributed by atoms with Gasteiger partial charge in [0.05, 0.1) is 5.75 Å². The van der Waals surface area contributed by atoms with Crippen molar-refractivity contribution < 1.29 is 8.42 Å². The topological polar surface area (TPSA) is 34.1 Å². The van der Waals surface area contributed by atoms with Gasteiger partial charge in [0.1, 0.15) is 0 Å². The summed E-state index contributed by atoms with van der Waals surface area (Å²) in [7, 11) is -3.03. The van der Waals surface area contributed by atoms with Crippen LogP contribution in [0, 0.1) is 0 Å². The Kier molecular flexibility index (Phi) is 2.25. The van der Waals surface area contributed by atoms with Crippen molar-refractivity contribution in [3.05, 3.63) is 53.5 Å². The minimum atomic E-state index is -3.03. The van der Waals surface area contributed by atoms with Crippen molar-refractivity contribution in [2.24, 2.45) is 0 Å². The molecule has 1 aromatic carbocycles. The van der Waals surface area contributed by atoms with Crippen LogP contribution in [0.5, 0.6) is 0 Å². The van der Waals surface area contributed by atoms with Crippen LogP contribution in [0.25, 0.3) is 5.57 Å². The van der Waals surface area contributed by atoms with Gasteiger partial charge >= 0.3 is 0 Å². The fourth-order valence-corrected chi connectivity index (χ4v) is 2.45. The number of sulfone groups is 1. The first-order valence-corrected chi connectivity index (χ1v) is 6.05. The fourth-order valence-electron chi connectivity index (χ4n) is 1.38. The molecule has 0 N–H and O–H groups in total. The molecule has 1 aliphatic heterocycles. The molecule has 0 aromatic heterocycles. The largest absolute Gasteiger partial charge is 0.224 e. The van der Waals surface area contributed by atoms with Crippen LogP contribution in [-0.4, -0.2) is 14.2 Å². The van der Waals surface area contributed by atoms with Gasteiger partial charge in [-0.2, -0.15) is 0 Å². The van der Waals surface area contributed by atoms with Crippen molar-refractivity contribution in [1.82, 2.24) is 0 Å². The molecule has 0 radical (unpaired) electrons. The van der Waals surface area contributed by atoms with E-state index >= 15 is 0 Å². The first kappa shape index (κ1) is 9.21. The normalized spacial score (nSPS) is 19.0. The zero-order valence-corrected chi connectivity index (χ0v) is 8.37. The summed E-state index contributed by atoms with van der Waals surface area (Å²) in [5.74, 6) is 0.114. The molecule has 0 bridgehead atoms. The predicted octanol–water partition coefficient (Wildman–Crippen LogP) is 2.01. The van der Waals surface area contributed by atoms with Gasteiger partial charge in [0.2, 0.25) is 0 Å². The second kappa shape index (κ2) is 3.42. The van der Waals surface area contributed by atoms with Crippen molar-refractivity contribution in [3.8, 4) is 0 Å². The Labute approximate surface area is 83.5 Å². The van der Waals surface area contributed by atoms with Crippen LogP contribution in [0.4, 0.5) is 0 Å². The van der Waals surface area contributed by atoms with E-state index in [4.69, 9.17) is 0 Å². The van der Waals surface area contributed by atoms with E-state index in [-0.39, 0.29) is 5.75 Å². The third-order valence-electron chi connectivity index (χ3n) is 2.04. The second-order valence-corrected chi connectivity index (χ2v) is 5.07. The molecule has 0 spiro atoms. The van der Waals surface area contributed by atoms with Gasteiger partial charge in [0.15, 0.2) is 9.84 Å². The lowest BCUT2D eigenvalue weighted by Crippen LogP contribution is -2.04. The number of hydrogen-bond acceptors (Lipinski definition) is 2. The molecule has 1 aliphatic rings. The maximum atomic E-state index is 11.3. The van der Waals surface area contributed by atoms with Crippen LogP contribution in [-0.2, 0) is 9.84 Å². The maximum absolute atomic E-state index is 11.3. The fraction of sp³-hybridized carbons (Fsp3) is 0.0909. The average molecular weight is 206 g/mol. The van der Waals surface area contributed by atoms with Gasteiger partial charge in [0.25, 0.3) is 0 Å². The second-order valence-electron chi connectivity index (χ2n) is 3.17. The Morgan fingerprint density at radius 2 is 1.79 bits per heavy atom. The molecule has 2 nitrogen and oxygen atoms in total. The van der Waals surface area contributed by atoms with Gasteiger partial charge in [-0.05, 0) is 11.1 Å². The third kappa shape index (κ3) is 1.93. The van der Waals surface area contributed by atoms with E-state index in [0.717, 1.165) is 11.1 Å². The summed E-state index contributed by atoms with van der Waals surface area (Å²) in [5, 5.41) is 1.34. The van der Waals surface area contributed by atoms with Crippen molar-refractivity contribution >= 4 is 15.4 Å². The molecular formula is C11H10O2S. The van der Waals surface area contributed by atoms with E-state index in [0.29, 0.717) is 0 Å². The van der Waals surface area contributed by atoms with Gasteiger partial charge in [-0.15, -0.1) is 0 Å². The van der Waals surface area contributed by atoms with E-state index in [1.165, 1.54) is 5.41 Å². The summed E-state index contributed by atoms with van der Waals surface area (Å²) >= 11 is 0. The van der Waals surface area contributed by atoms with E-state index in [2.05, 4.69) is 0 Å². The molecular weight excluding hydrogens is 196 g/mol. The Bertz CT molecular complexity index is 481. The Balaban J connectivity index is 2.47. The van der Waals surface area contributed by atoms with Crippen molar-refractivity contribution in [2.45, 2.75) is 0 Å². The summed E-state index contributed by atoms with van der Waals surface area (Å²) in [6.07, 6.45) is 3.52. The van der Waals surface area contributed by atoms with Crippen LogP contribution < -0.4 is 0 Å². The molecule has 2 rings (SSSR count). The molecule has 0 unspecified atom stereocenters. The van der Waals surface area contributed by atoms with Crippen LogP contribution in [0.3, 0.4) is 0 Å². The molecule has 0 atom stereocenters. The highest BCUT2D eigenvalue weighted by Crippen LogP contribution is 2.20. The van der Waals surface area contributed by atoms with Gasteiger partial charge in [-0.1, -0.05) is 42.5 Å². The molecule has 14 heavy (non-hydrogen) atoms. The van der Waals surface area contributed by atoms with E-state index in [1.54, 1.807) is 6.08 Å². The number of allylic oxidation sites excluding steroid dienone is 2. The quantitative estimate of drug-likeness (QED) is 0.704. The molecule has 0 fully saturated rings. The number of rotatable bonds is 1. The predicted molar refractivity (Wildman–Crippen MR) is 57.3 cm³/mol. The zero-order chi connectivity index (χ0) is 10.0. The van der Waals surface area contributed by atoms with Gasteiger partial charge in [-0.25, -0.2) is 8.42 Å². The number of benzene rings is 1. The zero-order valence-electron chi connectivity index (χ0n) is 7.55.